The van der Waals surface area contributed by atoms with Crippen molar-refractivity contribution in [3.63, 3.8) is 0 Å². The van der Waals surface area contributed by atoms with Gasteiger partial charge in [-0.15, -0.1) is 0 Å². The van der Waals surface area contributed by atoms with Crippen molar-refractivity contribution in [2.75, 3.05) is 12.4 Å². The zero-order valence-electron chi connectivity index (χ0n) is 20.3. The second-order valence-corrected chi connectivity index (χ2v) is 9.69. The van der Waals surface area contributed by atoms with Crippen LogP contribution in [0.3, 0.4) is 0 Å². The van der Waals surface area contributed by atoms with Crippen LogP contribution < -0.4 is 15.6 Å². The third-order valence-electron chi connectivity index (χ3n) is 6.50. The molecule has 1 amide bonds. The Labute approximate surface area is 228 Å². The minimum Gasteiger partial charge on any atom is -0.497 e. The number of anilines is 1. The number of hydrogen-bond acceptors (Lipinski definition) is 5. The number of halogens is 3. The van der Waals surface area contributed by atoms with Crippen LogP contribution >= 0.6 is 23.2 Å². The third-order valence-corrected chi connectivity index (χ3v) is 7.24. The van der Waals surface area contributed by atoms with Crippen molar-refractivity contribution in [1.82, 2.24) is 14.9 Å². The Kier molecular flexibility index (Phi) is 7.35. The fourth-order valence-electron chi connectivity index (χ4n) is 4.46. The van der Waals surface area contributed by atoms with Gasteiger partial charge in [-0.25, -0.2) is 9.37 Å². The van der Waals surface area contributed by atoms with Gasteiger partial charge in [0.05, 0.1) is 35.4 Å². The molecule has 1 aromatic heterocycles. The highest BCUT2D eigenvalue weighted by Crippen LogP contribution is 2.34. The van der Waals surface area contributed by atoms with E-state index < -0.39 is 6.04 Å². The molecule has 10 heteroatoms. The monoisotopic (exact) mass is 552 g/mol. The number of hydrogen-bond donors (Lipinski definition) is 2. The van der Waals surface area contributed by atoms with Gasteiger partial charge in [-0.05, 0) is 53.6 Å². The number of nitrogens with one attached hydrogen (secondary N) is 2. The molecule has 0 spiro atoms. The Morgan fingerprint density at radius 1 is 1.11 bits per heavy atom. The largest absolute Gasteiger partial charge is 0.497 e. The minimum absolute atomic E-state index is 0.0809. The summed E-state index contributed by atoms with van der Waals surface area (Å²) in [5.74, 6) is 0.348. The number of amides is 1. The van der Waals surface area contributed by atoms with Crippen LogP contribution in [-0.4, -0.2) is 27.9 Å². The number of H-pyrrole nitrogens is 1. The molecule has 2 heterocycles. The van der Waals surface area contributed by atoms with Crippen LogP contribution in [0.4, 0.5) is 10.3 Å². The van der Waals surface area contributed by atoms with E-state index in [1.807, 2.05) is 24.3 Å². The number of methoxy groups -OCH3 is 1. The number of rotatable bonds is 6. The zero-order valence-corrected chi connectivity index (χ0v) is 21.8. The normalized spacial score (nSPS) is 14.6. The fraction of sp³-hybridized carbons (Fsp3) is 0.179. The standard InChI is InChI=1S/C28H23Cl2FN4O3/c1-38-20-9-2-16(3-10-20)14-32-28-33-24-15-35(27(37)18-6-11-22(29)23(30)12-18)25(13-21(24)26(36)34-28)17-4-7-19(31)8-5-17/h2-12,25H,13-15H2,1H3,(H2,32,33,34,36). The van der Waals surface area contributed by atoms with E-state index in [1.54, 1.807) is 36.3 Å². The van der Waals surface area contributed by atoms with E-state index in [0.29, 0.717) is 39.9 Å². The molecule has 0 fully saturated rings. The maximum atomic E-state index is 13.7. The van der Waals surface area contributed by atoms with Crippen molar-refractivity contribution in [3.05, 3.63) is 121 Å². The van der Waals surface area contributed by atoms with Gasteiger partial charge >= 0.3 is 0 Å². The molecule has 3 aromatic carbocycles. The van der Waals surface area contributed by atoms with Gasteiger partial charge in [0, 0.05) is 24.1 Å². The van der Waals surface area contributed by atoms with Gasteiger partial charge < -0.3 is 15.0 Å². The van der Waals surface area contributed by atoms with Crippen molar-refractivity contribution in [2.24, 2.45) is 0 Å². The molecule has 38 heavy (non-hydrogen) atoms. The molecule has 0 radical (unpaired) electrons. The maximum absolute atomic E-state index is 13.7. The van der Waals surface area contributed by atoms with Crippen molar-refractivity contribution in [1.29, 1.82) is 0 Å². The Bertz CT molecular complexity index is 1540. The summed E-state index contributed by atoms with van der Waals surface area (Å²) < 4.78 is 18.8. The van der Waals surface area contributed by atoms with Crippen LogP contribution in [0.25, 0.3) is 0 Å². The Hall–Kier alpha value is -3.88. The predicted octanol–water partition coefficient (Wildman–Crippen LogP) is 5.78. The first kappa shape index (κ1) is 25.8. The van der Waals surface area contributed by atoms with Crippen LogP contribution in [0.1, 0.15) is 38.8 Å². The van der Waals surface area contributed by atoms with Crippen LogP contribution in [0.5, 0.6) is 5.75 Å². The van der Waals surface area contributed by atoms with E-state index in [-0.39, 0.29) is 35.3 Å². The van der Waals surface area contributed by atoms with Gasteiger partial charge in [-0.2, -0.15) is 0 Å². The topological polar surface area (TPSA) is 87.3 Å². The quantitative estimate of drug-likeness (QED) is 0.316. The Morgan fingerprint density at radius 3 is 2.53 bits per heavy atom. The van der Waals surface area contributed by atoms with E-state index in [9.17, 15) is 14.0 Å². The molecule has 0 bridgehead atoms. The van der Waals surface area contributed by atoms with Crippen molar-refractivity contribution in [3.8, 4) is 5.75 Å². The molecule has 4 aromatic rings. The summed E-state index contributed by atoms with van der Waals surface area (Å²) in [6.07, 6.45) is 0.217. The summed E-state index contributed by atoms with van der Waals surface area (Å²) in [5, 5.41) is 3.74. The van der Waals surface area contributed by atoms with Gasteiger partial charge in [0.1, 0.15) is 11.6 Å². The lowest BCUT2D eigenvalue weighted by atomic mass is 9.92. The molecule has 2 N–H and O–H groups in total. The molecular weight excluding hydrogens is 530 g/mol. The lowest BCUT2D eigenvalue weighted by Crippen LogP contribution is -2.41. The average Bonchev–Trinajstić information content (AvgIpc) is 2.93. The lowest BCUT2D eigenvalue weighted by molar-refractivity contribution is 0.0632. The molecule has 7 nitrogen and oxygen atoms in total. The molecule has 1 unspecified atom stereocenters. The Balaban J connectivity index is 1.47. The average molecular weight is 553 g/mol. The van der Waals surface area contributed by atoms with Crippen LogP contribution in [-0.2, 0) is 19.5 Å². The van der Waals surface area contributed by atoms with Gasteiger partial charge in [-0.3, -0.25) is 14.6 Å². The smallest absolute Gasteiger partial charge is 0.255 e. The number of benzene rings is 3. The van der Waals surface area contributed by atoms with Crippen LogP contribution in [0, 0.1) is 5.82 Å². The summed E-state index contributed by atoms with van der Waals surface area (Å²) in [6.45, 7) is 0.507. The van der Waals surface area contributed by atoms with Crippen molar-refractivity contribution in [2.45, 2.75) is 25.6 Å². The summed E-state index contributed by atoms with van der Waals surface area (Å²) in [5.41, 5.74) is 2.69. The lowest BCUT2D eigenvalue weighted by Gasteiger charge is -2.36. The summed E-state index contributed by atoms with van der Waals surface area (Å²) in [6, 6.07) is 17.6. The van der Waals surface area contributed by atoms with Gasteiger partial charge in [-0.1, -0.05) is 47.5 Å². The highest BCUT2D eigenvalue weighted by atomic mass is 35.5. The molecule has 5 rings (SSSR count). The van der Waals surface area contributed by atoms with E-state index in [1.165, 1.54) is 18.2 Å². The van der Waals surface area contributed by atoms with Gasteiger partial charge in [0.25, 0.3) is 11.5 Å². The summed E-state index contributed by atoms with van der Waals surface area (Å²) >= 11 is 12.2. The van der Waals surface area contributed by atoms with E-state index in [4.69, 9.17) is 27.9 Å². The SMILES string of the molecule is COc1ccc(CNc2nc3c(c(=O)[nH]2)CC(c2ccc(F)cc2)N(C(=O)c2ccc(Cl)c(Cl)c2)C3)cc1. The van der Waals surface area contributed by atoms with Gasteiger partial charge in [0.2, 0.25) is 5.95 Å². The van der Waals surface area contributed by atoms with Crippen LogP contribution in [0.15, 0.2) is 71.5 Å². The molecule has 0 saturated heterocycles. The first-order valence-corrected chi connectivity index (χ1v) is 12.6. The molecule has 0 saturated carbocycles. The number of ether oxygens (including phenoxy) is 1. The van der Waals surface area contributed by atoms with E-state index in [2.05, 4.69) is 15.3 Å². The van der Waals surface area contributed by atoms with Crippen molar-refractivity contribution < 1.29 is 13.9 Å². The first-order chi connectivity index (χ1) is 18.3. The van der Waals surface area contributed by atoms with Crippen LogP contribution in [0.2, 0.25) is 10.0 Å². The number of aromatic nitrogens is 2. The second kappa shape index (κ2) is 10.8. The molecule has 1 atom stereocenters. The highest BCUT2D eigenvalue weighted by molar-refractivity contribution is 6.42. The predicted molar refractivity (Wildman–Crippen MR) is 144 cm³/mol. The zero-order chi connectivity index (χ0) is 26.8. The Morgan fingerprint density at radius 2 is 1.84 bits per heavy atom. The fourth-order valence-corrected chi connectivity index (χ4v) is 4.76. The summed E-state index contributed by atoms with van der Waals surface area (Å²) in [7, 11) is 1.60. The maximum Gasteiger partial charge on any atom is 0.255 e. The van der Waals surface area contributed by atoms with E-state index >= 15 is 0 Å². The number of carbonyl (C=O) groups is 1. The number of aromatic amines is 1. The highest BCUT2D eigenvalue weighted by Gasteiger charge is 2.34. The minimum atomic E-state index is -0.508. The number of fused-ring (bicyclic) bond motifs is 1. The molecule has 0 aliphatic carbocycles. The first-order valence-electron chi connectivity index (χ1n) is 11.8. The van der Waals surface area contributed by atoms with Crippen molar-refractivity contribution >= 4 is 35.1 Å². The molecular formula is C28H23Cl2FN4O3. The number of carbonyl (C=O) groups excluding carboxylic acids is 1. The van der Waals surface area contributed by atoms with Gasteiger partial charge in [0.15, 0.2) is 0 Å². The second-order valence-electron chi connectivity index (χ2n) is 8.87. The third kappa shape index (κ3) is 5.37. The molecule has 1 aliphatic heterocycles. The number of nitrogens with zero attached hydrogens (tertiary/aromatic N) is 2. The molecule has 194 valence electrons. The summed E-state index contributed by atoms with van der Waals surface area (Å²) in [4.78, 5) is 35.8. The van der Waals surface area contributed by atoms with E-state index in [0.717, 1.165) is 11.3 Å². The molecule has 1 aliphatic rings.